The summed E-state index contributed by atoms with van der Waals surface area (Å²) in [4.78, 5) is 9.74. The molecule has 2 heterocycles. The van der Waals surface area contributed by atoms with E-state index >= 15 is 0 Å². The van der Waals surface area contributed by atoms with Crippen molar-refractivity contribution >= 4 is 12.3 Å². The Morgan fingerprint density at radius 1 is 1.69 bits per heavy atom. The van der Waals surface area contributed by atoms with Gasteiger partial charge in [-0.1, -0.05) is 13.0 Å². The summed E-state index contributed by atoms with van der Waals surface area (Å²) >= 11 is 0. The van der Waals surface area contributed by atoms with Crippen LogP contribution in [0.2, 0.25) is 0 Å². The second-order valence-electron chi connectivity index (χ2n) is 3.55. The first-order chi connectivity index (χ1) is 7.68. The molecular formula is C10H15N5O. The summed E-state index contributed by atoms with van der Waals surface area (Å²) in [5.41, 5.74) is 0.556. The first kappa shape index (κ1) is 10.7. The highest BCUT2D eigenvalue weighted by Crippen LogP contribution is 2.26. The number of hydrogen-bond donors (Lipinski definition) is 3. The van der Waals surface area contributed by atoms with Gasteiger partial charge in [-0.25, -0.2) is 9.98 Å². The average Bonchev–Trinajstić information content (AvgIpc) is 2.66. The Hall–Kier alpha value is -1.82. The molecule has 0 aromatic carbocycles. The lowest BCUT2D eigenvalue weighted by molar-refractivity contribution is -0.0156. The standard InChI is InChI=1S/C10H15N5O/c1-3-4-5-11-9-12-6-8-10(16,15(9)2)14-7-13-8/h4-7,16H,3H2,1-2H3,(H,11,12)(H,13,14). The molecule has 2 aliphatic heterocycles. The summed E-state index contributed by atoms with van der Waals surface area (Å²) in [5.74, 6) is -0.804. The Labute approximate surface area is 94.1 Å². The van der Waals surface area contributed by atoms with Crippen molar-refractivity contribution in [2.24, 2.45) is 9.98 Å². The quantitative estimate of drug-likeness (QED) is 0.610. The Balaban J connectivity index is 2.17. The van der Waals surface area contributed by atoms with E-state index in [0.717, 1.165) is 6.42 Å². The number of aliphatic imine (C=N–C) groups is 2. The van der Waals surface area contributed by atoms with Crippen molar-refractivity contribution in [1.82, 2.24) is 15.5 Å². The summed E-state index contributed by atoms with van der Waals surface area (Å²) in [5, 5.41) is 16.1. The third kappa shape index (κ3) is 1.57. The van der Waals surface area contributed by atoms with Crippen LogP contribution < -0.4 is 10.6 Å². The minimum Gasteiger partial charge on any atom is -0.348 e. The zero-order valence-corrected chi connectivity index (χ0v) is 9.31. The molecule has 0 saturated heterocycles. The van der Waals surface area contributed by atoms with Crippen LogP contribution in [0.3, 0.4) is 0 Å². The minimum atomic E-state index is -1.36. The van der Waals surface area contributed by atoms with Gasteiger partial charge in [0.15, 0.2) is 0 Å². The van der Waals surface area contributed by atoms with Gasteiger partial charge >= 0.3 is 0 Å². The van der Waals surface area contributed by atoms with Crippen LogP contribution >= 0.6 is 0 Å². The number of aliphatic hydroxyl groups is 1. The van der Waals surface area contributed by atoms with Crippen molar-refractivity contribution in [2.45, 2.75) is 19.2 Å². The lowest BCUT2D eigenvalue weighted by atomic mass is 10.2. The van der Waals surface area contributed by atoms with E-state index in [-0.39, 0.29) is 0 Å². The molecule has 0 aromatic rings. The largest absolute Gasteiger partial charge is 0.348 e. The highest BCUT2D eigenvalue weighted by atomic mass is 16.3. The number of nitrogens with zero attached hydrogens (tertiary/aromatic N) is 3. The molecule has 6 nitrogen and oxygen atoms in total. The summed E-state index contributed by atoms with van der Waals surface area (Å²) < 4.78 is 0. The lowest BCUT2D eigenvalue weighted by Gasteiger charge is -2.35. The van der Waals surface area contributed by atoms with Crippen molar-refractivity contribution in [3.63, 3.8) is 0 Å². The molecule has 16 heavy (non-hydrogen) atoms. The smallest absolute Gasteiger partial charge is 0.285 e. The van der Waals surface area contributed by atoms with Gasteiger partial charge in [0.2, 0.25) is 5.96 Å². The van der Waals surface area contributed by atoms with Gasteiger partial charge in [-0.05, 0) is 12.6 Å². The Kier molecular flexibility index (Phi) is 2.66. The van der Waals surface area contributed by atoms with E-state index in [4.69, 9.17) is 0 Å². The van der Waals surface area contributed by atoms with E-state index in [2.05, 4.69) is 20.6 Å². The molecule has 86 valence electrons. The third-order valence-corrected chi connectivity index (χ3v) is 2.49. The van der Waals surface area contributed by atoms with E-state index in [9.17, 15) is 5.11 Å². The fourth-order valence-electron chi connectivity index (χ4n) is 1.49. The van der Waals surface area contributed by atoms with E-state index in [1.165, 1.54) is 6.34 Å². The Bertz CT molecular complexity index is 398. The van der Waals surface area contributed by atoms with Crippen LogP contribution in [0.25, 0.3) is 0 Å². The van der Waals surface area contributed by atoms with Crippen LogP contribution in [0.4, 0.5) is 0 Å². The first-order valence-electron chi connectivity index (χ1n) is 5.15. The predicted molar refractivity (Wildman–Crippen MR) is 62.4 cm³/mol. The number of hydrogen-bond acceptors (Lipinski definition) is 6. The second kappa shape index (κ2) is 3.97. The van der Waals surface area contributed by atoms with E-state index in [1.807, 2.05) is 13.0 Å². The van der Waals surface area contributed by atoms with Gasteiger partial charge in [-0.2, -0.15) is 0 Å². The van der Waals surface area contributed by atoms with Gasteiger partial charge in [0.05, 0.1) is 12.5 Å². The lowest BCUT2D eigenvalue weighted by Crippen LogP contribution is -2.54. The van der Waals surface area contributed by atoms with E-state index in [0.29, 0.717) is 11.7 Å². The SMILES string of the molecule is CCC=CNC1=NC=C2NC=NC2(O)N1C. The van der Waals surface area contributed by atoms with Crippen molar-refractivity contribution in [3.8, 4) is 0 Å². The number of likely N-dealkylation sites (N-methyl/N-ethyl adjacent to an activating group) is 1. The summed E-state index contributed by atoms with van der Waals surface area (Å²) in [6, 6.07) is 0. The Morgan fingerprint density at radius 3 is 3.25 bits per heavy atom. The Morgan fingerprint density at radius 2 is 2.50 bits per heavy atom. The van der Waals surface area contributed by atoms with Gasteiger partial charge in [-0.15, -0.1) is 0 Å². The molecule has 3 N–H and O–H groups in total. The summed E-state index contributed by atoms with van der Waals surface area (Å²) in [7, 11) is 1.73. The fraction of sp³-hybridized carbons (Fsp3) is 0.400. The van der Waals surface area contributed by atoms with Crippen molar-refractivity contribution < 1.29 is 5.11 Å². The molecular weight excluding hydrogens is 206 g/mol. The van der Waals surface area contributed by atoms with Crippen LogP contribution in [-0.4, -0.2) is 35.2 Å². The van der Waals surface area contributed by atoms with Crippen molar-refractivity contribution in [2.75, 3.05) is 7.05 Å². The molecule has 0 fully saturated rings. The number of guanidine groups is 1. The summed E-state index contributed by atoms with van der Waals surface area (Å²) in [6.07, 6.45) is 7.73. The van der Waals surface area contributed by atoms with E-state index < -0.39 is 5.85 Å². The fourth-order valence-corrected chi connectivity index (χ4v) is 1.49. The third-order valence-electron chi connectivity index (χ3n) is 2.49. The molecule has 2 aliphatic rings. The van der Waals surface area contributed by atoms with Gasteiger partial charge in [0.25, 0.3) is 5.85 Å². The molecule has 0 bridgehead atoms. The minimum absolute atomic E-state index is 0.553. The molecule has 2 rings (SSSR count). The number of fused-ring (bicyclic) bond motifs is 1. The maximum absolute atomic E-state index is 10.3. The maximum atomic E-state index is 10.3. The van der Waals surface area contributed by atoms with Gasteiger partial charge in [0, 0.05) is 7.05 Å². The highest BCUT2D eigenvalue weighted by molar-refractivity contribution is 5.84. The summed E-state index contributed by atoms with van der Waals surface area (Å²) in [6.45, 7) is 2.04. The van der Waals surface area contributed by atoms with Gasteiger partial charge < -0.3 is 15.7 Å². The molecule has 0 saturated carbocycles. The van der Waals surface area contributed by atoms with Gasteiger partial charge in [0.1, 0.15) is 5.70 Å². The molecule has 0 radical (unpaired) electrons. The van der Waals surface area contributed by atoms with Crippen LogP contribution in [0.5, 0.6) is 0 Å². The maximum Gasteiger partial charge on any atom is 0.285 e. The van der Waals surface area contributed by atoms with Crippen LogP contribution in [0.15, 0.2) is 34.2 Å². The monoisotopic (exact) mass is 221 g/mol. The molecule has 0 aromatic heterocycles. The zero-order valence-electron chi connectivity index (χ0n) is 9.31. The predicted octanol–water partition coefficient (Wildman–Crippen LogP) is -0.0799. The van der Waals surface area contributed by atoms with Crippen molar-refractivity contribution in [1.29, 1.82) is 0 Å². The van der Waals surface area contributed by atoms with Crippen LogP contribution in [0.1, 0.15) is 13.3 Å². The molecule has 1 unspecified atom stereocenters. The topological polar surface area (TPSA) is 72.2 Å². The number of allylic oxidation sites excluding steroid dienone is 1. The zero-order chi connectivity index (χ0) is 11.6. The molecule has 0 amide bonds. The van der Waals surface area contributed by atoms with E-state index in [1.54, 1.807) is 24.3 Å². The molecule has 6 heteroatoms. The highest BCUT2D eigenvalue weighted by Gasteiger charge is 2.42. The normalized spacial score (nSPS) is 27.6. The van der Waals surface area contributed by atoms with Gasteiger partial charge in [-0.3, -0.25) is 4.90 Å². The molecule has 0 aliphatic carbocycles. The average molecular weight is 221 g/mol. The molecule has 1 atom stereocenters. The molecule has 0 spiro atoms. The van der Waals surface area contributed by atoms with Crippen LogP contribution in [-0.2, 0) is 0 Å². The second-order valence-corrected chi connectivity index (χ2v) is 3.55. The number of nitrogens with one attached hydrogen (secondary N) is 2. The van der Waals surface area contributed by atoms with Crippen LogP contribution in [0, 0.1) is 0 Å². The first-order valence-corrected chi connectivity index (χ1v) is 5.15. The number of rotatable bonds is 2. The van der Waals surface area contributed by atoms with Crippen molar-refractivity contribution in [3.05, 3.63) is 24.2 Å².